The van der Waals surface area contributed by atoms with Gasteiger partial charge in [0.25, 0.3) is 5.69 Å². The third kappa shape index (κ3) is 3.49. The van der Waals surface area contributed by atoms with E-state index in [-0.39, 0.29) is 26.9 Å². The second-order valence-electron chi connectivity index (χ2n) is 4.85. The molecule has 1 aliphatic carbocycles. The van der Waals surface area contributed by atoms with Gasteiger partial charge in [-0.2, -0.15) is 0 Å². The fourth-order valence-electron chi connectivity index (χ4n) is 1.88. The van der Waals surface area contributed by atoms with E-state index in [2.05, 4.69) is 15.9 Å². The molecule has 0 aliphatic heterocycles. The van der Waals surface area contributed by atoms with Crippen molar-refractivity contribution >= 4 is 39.3 Å². The van der Waals surface area contributed by atoms with E-state index in [0.29, 0.717) is 5.75 Å². The van der Waals surface area contributed by atoms with E-state index in [1.54, 1.807) is 0 Å². The molecule has 108 valence electrons. The highest BCUT2D eigenvalue weighted by Crippen LogP contribution is 2.52. The Morgan fingerprint density at radius 2 is 2.20 bits per heavy atom. The van der Waals surface area contributed by atoms with Crippen LogP contribution in [0.2, 0.25) is 0 Å². The lowest BCUT2D eigenvalue weighted by Gasteiger charge is -2.12. The van der Waals surface area contributed by atoms with Gasteiger partial charge in [-0.15, -0.1) is 11.8 Å². The Bertz CT molecular complexity index is 577. The molecule has 1 N–H and O–H groups in total. The number of hydrogen-bond donors (Lipinski definition) is 1. The standard InChI is InChI=1S/C12H11BrFNO4S/c13-7-3-9(15(18)19)10(4-8(7)14)20-6-12(1-2-12)5-11(16)17/h3-4H,1-2,5-6H2,(H,16,17). The molecule has 1 fully saturated rings. The monoisotopic (exact) mass is 363 g/mol. The molecular weight excluding hydrogens is 353 g/mol. The van der Waals surface area contributed by atoms with Crippen LogP contribution in [0.15, 0.2) is 21.5 Å². The summed E-state index contributed by atoms with van der Waals surface area (Å²) in [5, 5.41) is 19.8. The predicted octanol–water partition coefficient (Wildman–Crippen LogP) is 3.84. The Labute approximate surface area is 126 Å². The van der Waals surface area contributed by atoms with Gasteiger partial charge in [-0.3, -0.25) is 14.9 Å². The SMILES string of the molecule is O=C(O)CC1(CSc2cc(F)c(Br)cc2[N+](=O)[O-])CC1. The van der Waals surface area contributed by atoms with Crippen molar-refractivity contribution in [2.24, 2.45) is 5.41 Å². The van der Waals surface area contributed by atoms with Gasteiger partial charge < -0.3 is 5.11 Å². The highest BCUT2D eigenvalue weighted by Gasteiger charge is 2.44. The quantitative estimate of drug-likeness (QED) is 0.471. The molecule has 0 saturated heterocycles. The zero-order valence-corrected chi connectivity index (χ0v) is 12.7. The summed E-state index contributed by atoms with van der Waals surface area (Å²) in [5.41, 5.74) is -0.470. The lowest BCUT2D eigenvalue weighted by molar-refractivity contribution is -0.387. The van der Waals surface area contributed by atoms with Crippen molar-refractivity contribution in [3.05, 3.63) is 32.5 Å². The van der Waals surface area contributed by atoms with E-state index >= 15 is 0 Å². The summed E-state index contributed by atoms with van der Waals surface area (Å²) in [4.78, 5) is 21.4. The van der Waals surface area contributed by atoms with Crippen molar-refractivity contribution in [1.29, 1.82) is 0 Å². The topological polar surface area (TPSA) is 80.4 Å². The van der Waals surface area contributed by atoms with Gasteiger partial charge in [0.2, 0.25) is 0 Å². The Balaban J connectivity index is 2.15. The summed E-state index contributed by atoms with van der Waals surface area (Å²) in [6.45, 7) is 0. The maximum absolute atomic E-state index is 13.5. The highest BCUT2D eigenvalue weighted by molar-refractivity contribution is 9.10. The number of carboxylic acids is 1. The third-order valence-electron chi connectivity index (χ3n) is 3.22. The van der Waals surface area contributed by atoms with E-state index in [1.807, 2.05) is 0 Å². The van der Waals surface area contributed by atoms with Gasteiger partial charge in [-0.1, -0.05) is 0 Å². The van der Waals surface area contributed by atoms with Crippen LogP contribution in [0.3, 0.4) is 0 Å². The first kappa shape index (κ1) is 15.2. The van der Waals surface area contributed by atoms with Crippen molar-refractivity contribution < 1.29 is 19.2 Å². The Morgan fingerprint density at radius 3 is 2.70 bits per heavy atom. The molecule has 0 spiro atoms. The number of halogens is 2. The number of nitro groups is 1. The average molecular weight is 364 g/mol. The lowest BCUT2D eigenvalue weighted by atomic mass is 10.1. The Morgan fingerprint density at radius 1 is 1.55 bits per heavy atom. The minimum absolute atomic E-state index is 0.0419. The van der Waals surface area contributed by atoms with Crippen LogP contribution >= 0.6 is 27.7 Å². The molecule has 1 aromatic carbocycles. The van der Waals surface area contributed by atoms with E-state index in [4.69, 9.17) is 5.11 Å². The zero-order chi connectivity index (χ0) is 14.9. The van der Waals surface area contributed by atoms with Crippen molar-refractivity contribution in [3.8, 4) is 0 Å². The highest BCUT2D eigenvalue weighted by atomic mass is 79.9. The maximum Gasteiger partial charge on any atom is 0.303 e. The molecule has 2 rings (SSSR count). The zero-order valence-electron chi connectivity index (χ0n) is 10.3. The molecule has 0 atom stereocenters. The summed E-state index contributed by atoms with van der Waals surface area (Å²) in [6, 6.07) is 2.25. The fourth-order valence-corrected chi connectivity index (χ4v) is 3.53. The first-order valence-corrected chi connectivity index (χ1v) is 7.59. The molecule has 20 heavy (non-hydrogen) atoms. The summed E-state index contributed by atoms with van der Waals surface area (Å²) < 4.78 is 13.5. The molecule has 1 saturated carbocycles. The fraction of sp³-hybridized carbons (Fsp3) is 0.417. The molecule has 1 aliphatic rings. The molecular formula is C12H11BrFNO4S. The minimum atomic E-state index is -0.875. The molecule has 0 unspecified atom stereocenters. The minimum Gasteiger partial charge on any atom is -0.481 e. The molecule has 5 nitrogen and oxygen atoms in total. The predicted molar refractivity (Wildman–Crippen MR) is 75.4 cm³/mol. The van der Waals surface area contributed by atoms with E-state index < -0.39 is 16.7 Å². The molecule has 0 heterocycles. The number of rotatable bonds is 6. The van der Waals surface area contributed by atoms with Gasteiger partial charge in [-0.05, 0) is 40.3 Å². The maximum atomic E-state index is 13.5. The second-order valence-corrected chi connectivity index (χ2v) is 6.72. The molecule has 0 aromatic heterocycles. The van der Waals surface area contributed by atoms with Crippen molar-refractivity contribution in [2.75, 3.05) is 5.75 Å². The first-order valence-electron chi connectivity index (χ1n) is 5.81. The molecule has 0 amide bonds. The van der Waals surface area contributed by atoms with Crippen LogP contribution < -0.4 is 0 Å². The number of aliphatic carboxylic acids is 1. The average Bonchev–Trinajstić information content (AvgIpc) is 3.09. The molecule has 1 aromatic rings. The number of benzene rings is 1. The van der Waals surface area contributed by atoms with Crippen LogP contribution in [0.4, 0.5) is 10.1 Å². The summed E-state index contributed by atoms with van der Waals surface area (Å²) in [6.07, 6.45) is 1.63. The molecule has 8 heteroatoms. The van der Waals surface area contributed by atoms with Gasteiger partial charge in [-0.25, -0.2) is 4.39 Å². The number of nitro benzene ring substituents is 1. The van der Waals surface area contributed by atoms with Crippen LogP contribution in [0.5, 0.6) is 0 Å². The van der Waals surface area contributed by atoms with Crippen molar-refractivity contribution in [3.63, 3.8) is 0 Å². The summed E-state index contributed by atoms with van der Waals surface area (Å²) in [7, 11) is 0. The number of nitrogens with zero attached hydrogens (tertiary/aromatic N) is 1. The van der Waals surface area contributed by atoms with Crippen LogP contribution in [-0.4, -0.2) is 21.8 Å². The van der Waals surface area contributed by atoms with Crippen molar-refractivity contribution in [1.82, 2.24) is 0 Å². The number of thioether (sulfide) groups is 1. The van der Waals surface area contributed by atoms with Crippen LogP contribution in [-0.2, 0) is 4.79 Å². The normalized spacial score (nSPS) is 15.9. The number of carbonyl (C=O) groups is 1. The number of hydrogen-bond acceptors (Lipinski definition) is 4. The first-order chi connectivity index (χ1) is 9.33. The summed E-state index contributed by atoms with van der Waals surface area (Å²) >= 11 is 4.06. The van der Waals surface area contributed by atoms with Gasteiger partial charge in [0, 0.05) is 11.8 Å². The smallest absolute Gasteiger partial charge is 0.303 e. The van der Waals surface area contributed by atoms with Gasteiger partial charge >= 0.3 is 5.97 Å². The summed E-state index contributed by atoms with van der Waals surface area (Å²) in [5.74, 6) is -0.998. The van der Waals surface area contributed by atoms with E-state index in [0.717, 1.165) is 36.7 Å². The van der Waals surface area contributed by atoms with E-state index in [9.17, 15) is 19.3 Å². The molecule has 0 bridgehead atoms. The Hall–Kier alpha value is -1.15. The van der Waals surface area contributed by atoms with Gasteiger partial charge in [0.15, 0.2) is 0 Å². The lowest BCUT2D eigenvalue weighted by Crippen LogP contribution is -2.11. The van der Waals surface area contributed by atoms with Crippen LogP contribution in [0.25, 0.3) is 0 Å². The second kappa shape index (κ2) is 5.69. The van der Waals surface area contributed by atoms with Gasteiger partial charge in [0.1, 0.15) is 5.82 Å². The van der Waals surface area contributed by atoms with Gasteiger partial charge in [0.05, 0.1) is 20.7 Å². The number of carboxylic acid groups (broad SMARTS) is 1. The largest absolute Gasteiger partial charge is 0.481 e. The van der Waals surface area contributed by atoms with Crippen molar-refractivity contribution in [2.45, 2.75) is 24.2 Å². The van der Waals surface area contributed by atoms with Crippen LogP contribution in [0, 0.1) is 21.3 Å². The Kier molecular flexibility index (Phi) is 4.33. The van der Waals surface area contributed by atoms with E-state index in [1.165, 1.54) is 0 Å². The molecule has 0 radical (unpaired) electrons. The third-order valence-corrected chi connectivity index (χ3v) is 5.22. The van der Waals surface area contributed by atoms with Crippen LogP contribution in [0.1, 0.15) is 19.3 Å².